The Morgan fingerprint density at radius 3 is 2.62 bits per heavy atom. The number of carboxylic acids is 1. The molecule has 2 N–H and O–H groups in total. The summed E-state index contributed by atoms with van der Waals surface area (Å²) in [6, 6.07) is 17.1. The van der Waals surface area contributed by atoms with Crippen LogP contribution in [0.25, 0.3) is 22.3 Å². The van der Waals surface area contributed by atoms with Gasteiger partial charge in [-0.25, -0.2) is 13.6 Å². The summed E-state index contributed by atoms with van der Waals surface area (Å²) < 4.78 is 29.7. The summed E-state index contributed by atoms with van der Waals surface area (Å²) in [7, 11) is 0. The molecule has 6 nitrogen and oxygen atoms in total. The topological polar surface area (TPSA) is 93.3 Å². The van der Waals surface area contributed by atoms with Crippen LogP contribution < -0.4 is 10.0 Å². The second-order valence-corrected chi connectivity index (χ2v) is 9.83. The number of amides is 1. The fourth-order valence-electron chi connectivity index (χ4n) is 4.98. The van der Waals surface area contributed by atoms with E-state index in [1.165, 1.54) is 18.2 Å². The smallest absolute Gasteiger partial charge is 0.335 e. The third-order valence-corrected chi connectivity index (χ3v) is 7.21. The Labute approximate surface area is 228 Å². The number of aromatic nitrogens is 1. The quantitative estimate of drug-likeness (QED) is 0.165. The van der Waals surface area contributed by atoms with E-state index in [4.69, 9.17) is 11.6 Å². The summed E-state index contributed by atoms with van der Waals surface area (Å²) in [5.41, 5.74) is 2.65. The number of halogens is 3. The number of hydrogen-bond donors (Lipinski definition) is 2. The molecular formula is C30H23ClF2N2O4. The first-order valence-electron chi connectivity index (χ1n) is 12.4. The van der Waals surface area contributed by atoms with Gasteiger partial charge in [-0.3, -0.25) is 4.79 Å². The number of fused-ring (bicyclic) bond motifs is 4. The van der Waals surface area contributed by atoms with Crippen molar-refractivity contribution in [1.82, 2.24) is 0 Å². The highest BCUT2D eigenvalue weighted by atomic mass is 35.5. The number of carbonyl (C=O) groups excluding carboxylic acids is 1. The first-order chi connectivity index (χ1) is 18.7. The number of benzene rings is 3. The Bertz CT molecular complexity index is 1610. The summed E-state index contributed by atoms with van der Waals surface area (Å²) in [5.74, 6) is -3.45. The minimum atomic E-state index is -1.09. The van der Waals surface area contributed by atoms with Gasteiger partial charge in [0.15, 0.2) is 17.7 Å². The fraction of sp³-hybridized carbons (Fsp3) is 0.167. The maximum atomic E-state index is 14.6. The van der Waals surface area contributed by atoms with Crippen molar-refractivity contribution in [3.05, 3.63) is 112 Å². The summed E-state index contributed by atoms with van der Waals surface area (Å²) in [5, 5.41) is 25.4. The summed E-state index contributed by atoms with van der Waals surface area (Å²) in [4.78, 5) is 24.2. The van der Waals surface area contributed by atoms with E-state index in [9.17, 15) is 28.7 Å². The molecule has 0 aliphatic carbocycles. The SMILES string of the molecule is O=C1CCCCC(c2ccc(-c3c(F)ccc(Cl)c3F)c[n+]2[O-])c2cccc(c2)-c2cc(C(=O)O)ccc2N1. The lowest BCUT2D eigenvalue weighted by molar-refractivity contribution is -0.614. The number of hydrogen-bond acceptors (Lipinski definition) is 3. The number of pyridine rings is 1. The van der Waals surface area contributed by atoms with Gasteiger partial charge in [-0.05, 0) is 60.4 Å². The van der Waals surface area contributed by atoms with Gasteiger partial charge in [0.1, 0.15) is 5.82 Å². The zero-order chi connectivity index (χ0) is 27.7. The lowest BCUT2D eigenvalue weighted by atomic mass is 9.87. The number of rotatable bonds is 3. The van der Waals surface area contributed by atoms with Gasteiger partial charge in [-0.2, -0.15) is 4.73 Å². The number of nitrogens with one attached hydrogen (secondary N) is 1. The molecule has 1 aliphatic rings. The number of carboxylic acid groups (broad SMARTS) is 1. The van der Waals surface area contributed by atoms with Crippen molar-refractivity contribution in [3.63, 3.8) is 0 Å². The Balaban J connectivity index is 1.61. The predicted molar refractivity (Wildman–Crippen MR) is 144 cm³/mol. The maximum Gasteiger partial charge on any atom is 0.335 e. The normalized spacial score (nSPS) is 15.5. The van der Waals surface area contributed by atoms with E-state index >= 15 is 0 Å². The maximum absolute atomic E-state index is 14.6. The molecule has 2 bridgehead atoms. The van der Waals surface area contributed by atoms with Crippen LogP contribution in [0.2, 0.25) is 5.02 Å². The Hall–Kier alpha value is -4.30. The minimum Gasteiger partial charge on any atom is -0.618 e. The van der Waals surface area contributed by atoms with Gasteiger partial charge in [0.2, 0.25) is 5.91 Å². The minimum absolute atomic E-state index is 0.0555. The monoisotopic (exact) mass is 548 g/mol. The summed E-state index contributed by atoms with van der Waals surface area (Å²) >= 11 is 5.84. The Morgan fingerprint density at radius 2 is 1.85 bits per heavy atom. The van der Waals surface area contributed by atoms with Gasteiger partial charge >= 0.3 is 5.97 Å². The fourth-order valence-corrected chi connectivity index (χ4v) is 5.14. The number of anilines is 1. The van der Waals surface area contributed by atoms with Crippen LogP contribution in [0.4, 0.5) is 14.5 Å². The van der Waals surface area contributed by atoms with E-state index in [0.717, 1.165) is 23.9 Å². The van der Waals surface area contributed by atoms with E-state index in [1.807, 2.05) is 24.3 Å². The van der Waals surface area contributed by atoms with Gasteiger partial charge in [-0.15, -0.1) is 0 Å². The molecule has 2 heterocycles. The average molecular weight is 549 g/mol. The molecule has 0 spiro atoms. The van der Waals surface area contributed by atoms with Crippen molar-refractivity contribution in [2.45, 2.75) is 31.6 Å². The second kappa shape index (κ2) is 10.8. The Kier molecular flexibility index (Phi) is 7.30. The third kappa shape index (κ3) is 5.33. The van der Waals surface area contributed by atoms with Crippen molar-refractivity contribution in [2.24, 2.45) is 0 Å². The lowest BCUT2D eigenvalue weighted by Crippen LogP contribution is -2.33. The van der Waals surface area contributed by atoms with Crippen LogP contribution in [-0.4, -0.2) is 17.0 Å². The van der Waals surface area contributed by atoms with Gasteiger partial charge in [0, 0.05) is 23.7 Å². The number of carbonyl (C=O) groups is 2. The standard InChI is InChI=1S/C30H23ClF2N2O4/c31-23-10-11-24(32)28(29(23)33)20-9-13-26(35(39)16-20)21-6-1-2-7-27(36)34-25-12-8-19(30(37)38)15-22(25)18-5-3-4-17(21)14-18/h3-5,8-16,21H,1-2,6-7H2,(H,34,36)(H,37,38). The van der Waals surface area contributed by atoms with E-state index < -0.39 is 17.6 Å². The van der Waals surface area contributed by atoms with Gasteiger partial charge in [-0.1, -0.05) is 42.3 Å². The molecule has 198 valence electrons. The van der Waals surface area contributed by atoms with Crippen LogP contribution in [0.15, 0.2) is 72.9 Å². The molecule has 9 heteroatoms. The molecule has 4 aromatic rings. The molecule has 0 saturated carbocycles. The van der Waals surface area contributed by atoms with Gasteiger partial charge in [0.05, 0.1) is 27.6 Å². The molecule has 1 aliphatic heterocycles. The zero-order valence-electron chi connectivity index (χ0n) is 20.6. The number of aromatic carboxylic acids is 1. The predicted octanol–water partition coefficient (Wildman–Crippen LogP) is 6.93. The highest BCUT2D eigenvalue weighted by Crippen LogP contribution is 2.36. The zero-order valence-corrected chi connectivity index (χ0v) is 21.3. The van der Waals surface area contributed by atoms with E-state index in [-0.39, 0.29) is 40.0 Å². The highest BCUT2D eigenvalue weighted by molar-refractivity contribution is 6.31. The van der Waals surface area contributed by atoms with E-state index in [2.05, 4.69) is 5.32 Å². The first-order valence-corrected chi connectivity index (χ1v) is 12.7. The van der Waals surface area contributed by atoms with Crippen molar-refractivity contribution in [2.75, 3.05) is 5.32 Å². The molecule has 0 fully saturated rings. The van der Waals surface area contributed by atoms with Crippen molar-refractivity contribution < 1.29 is 28.2 Å². The molecule has 1 amide bonds. The molecule has 5 rings (SSSR count). The molecule has 0 saturated heterocycles. The van der Waals surface area contributed by atoms with E-state index in [1.54, 1.807) is 12.1 Å². The van der Waals surface area contributed by atoms with Crippen LogP contribution in [0.3, 0.4) is 0 Å². The van der Waals surface area contributed by atoms with Gasteiger partial charge < -0.3 is 15.6 Å². The molecule has 1 unspecified atom stereocenters. The van der Waals surface area contributed by atoms with Crippen LogP contribution >= 0.6 is 11.6 Å². The summed E-state index contributed by atoms with van der Waals surface area (Å²) in [6.45, 7) is 0. The van der Waals surface area contributed by atoms with Gasteiger partial charge in [0.25, 0.3) is 0 Å². The summed E-state index contributed by atoms with van der Waals surface area (Å²) in [6.07, 6.45) is 3.15. The molecule has 0 radical (unpaired) electrons. The molecule has 39 heavy (non-hydrogen) atoms. The molecule has 1 aromatic heterocycles. The average Bonchev–Trinajstić information content (AvgIpc) is 2.91. The highest BCUT2D eigenvalue weighted by Gasteiger charge is 2.25. The van der Waals surface area contributed by atoms with Crippen molar-refractivity contribution in [1.29, 1.82) is 0 Å². The largest absolute Gasteiger partial charge is 0.618 e. The van der Waals surface area contributed by atoms with Crippen molar-refractivity contribution >= 4 is 29.2 Å². The molecular weight excluding hydrogens is 526 g/mol. The second-order valence-electron chi connectivity index (χ2n) is 9.42. The van der Waals surface area contributed by atoms with Crippen LogP contribution in [0, 0.1) is 16.8 Å². The van der Waals surface area contributed by atoms with Crippen LogP contribution in [0.1, 0.15) is 53.2 Å². The number of nitrogens with zero attached hydrogens (tertiary/aromatic N) is 1. The van der Waals surface area contributed by atoms with Crippen molar-refractivity contribution in [3.8, 4) is 22.3 Å². The first kappa shape index (κ1) is 26.3. The molecule has 3 aromatic carbocycles. The molecule has 1 atom stereocenters. The van der Waals surface area contributed by atoms with Crippen LogP contribution in [0.5, 0.6) is 0 Å². The third-order valence-electron chi connectivity index (χ3n) is 6.92. The van der Waals surface area contributed by atoms with Crippen LogP contribution in [-0.2, 0) is 4.79 Å². The Morgan fingerprint density at radius 1 is 1.03 bits per heavy atom. The lowest BCUT2D eigenvalue weighted by Gasteiger charge is -2.20. The van der Waals surface area contributed by atoms with E-state index in [0.29, 0.717) is 46.5 Å².